The highest BCUT2D eigenvalue weighted by Crippen LogP contribution is 2.19. The maximum Gasteiger partial charge on any atom is 0.408 e. The van der Waals surface area contributed by atoms with Gasteiger partial charge in [-0.05, 0) is 40.0 Å². The topological polar surface area (TPSA) is 102 Å². The summed E-state index contributed by atoms with van der Waals surface area (Å²) >= 11 is 0. The summed E-state index contributed by atoms with van der Waals surface area (Å²) in [6, 6.07) is -1.27. The van der Waals surface area contributed by atoms with Gasteiger partial charge in [-0.15, -0.1) is 0 Å². The number of primary amides is 1. The summed E-state index contributed by atoms with van der Waals surface area (Å²) in [5.41, 5.74) is 4.71. The Balaban J connectivity index is 2.75. The van der Waals surface area contributed by atoms with Crippen molar-refractivity contribution in [1.82, 2.24) is 10.2 Å². The molecule has 1 aliphatic heterocycles. The largest absolute Gasteiger partial charge is 0.444 e. The van der Waals surface area contributed by atoms with Crippen molar-refractivity contribution in [2.45, 2.75) is 71.1 Å². The molecule has 0 spiro atoms. The van der Waals surface area contributed by atoms with E-state index in [-0.39, 0.29) is 5.91 Å². The second kappa shape index (κ2) is 7.47. The molecule has 2 atom stereocenters. The number of nitrogens with one attached hydrogen (secondary N) is 1. The highest BCUT2D eigenvalue weighted by molar-refractivity contribution is 5.91. The monoisotopic (exact) mass is 313 g/mol. The van der Waals surface area contributed by atoms with Gasteiger partial charge in [0.15, 0.2) is 0 Å². The normalized spacial score (nSPS) is 19.6. The zero-order valence-electron chi connectivity index (χ0n) is 13.8. The predicted octanol–water partition coefficient (Wildman–Crippen LogP) is 1.16. The van der Waals surface area contributed by atoms with E-state index in [1.54, 1.807) is 20.8 Å². The molecule has 1 aliphatic rings. The SMILES string of the molecule is CCCC(NC(=O)OC(C)(C)C)C(=O)N1CCCC1C(N)=O. The van der Waals surface area contributed by atoms with Crippen molar-refractivity contribution in [2.24, 2.45) is 5.73 Å². The van der Waals surface area contributed by atoms with Gasteiger partial charge in [-0.3, -0.25) is 9.59 Å². The maximum atomic E-state index is 12.6. The van der Waals surface area contributed by atoms with E-state index in [2.05, 4.69) is 5.32 Å². The molecule has 0 bridgehead atoms. The lowest BCUT2D eigenvalue weighted by Crippen LogP contribution is -2.53. The van der Waals surface area contributed by atoms with Crippen molar-refractivity contribution in [3.63, 3.8) is 0 Å². The average molecular weight is 313 g/mol. The molecule has 1 rings (SSSR count). The van der Waals surface area contributed by atoms with Crippen molar-refractivity contribution < 1.29 is 19.1 Å². The third-order valence-electron chi connectivity index (χ3n) is 3.43. The van der Waals surface area contributed by atoms with E-state index in [0.717, 1.165) is 12.8 Å². The van der Waals surface area contributed by atoms with Crippen LogP contribution in [0.4, 0.5) is 4.79 Å². The lowest BCUT2D eigenvalue weighted by Gasteiger charge is -2.28. The van der Waals surface area contributed by atoms with Crippen LogP contribution in [-0.4, -0.2) is 47.0 Å². The minimum Gasteiger partial charge on any atom is -0.444 e. The third kappa shape index (κ3) is 5.20. The Morgan fingerprint density at radius 2 is 2.00 bits per heavy atom. The summed E-state index contributed by atoms with van der Waals surface area (Å²) in [5, 5.41) is 2.61. The molecule has 0 aromatic rings. The molecular weight excluding hydrogens is 286 g/mol. The Morgan fingerprint density at radius 1 is 1.36 bits per heavy atom. The van der Waals surface area contributed by atoms with Crippen LogP contribution in [0.3, 0.4) is 0 Å². The minimum absolute atomic E-state index is 0.269. The molecule has 3 N–H and O–H groups in total. The van der Waals surface area contributed by atoms with E-state index in [1.165, 1.54) is 4.90 Å². The van der Waals surface area contributed by atoms with Crippen LogP contribution in [-0.2, 0) is 14.3 Å². The fourth-order valence-corrected chi connectivity index (χ4v) is 2.52. The quantitative estimate of drug-likeness (QED) is 0.795. The molecule has 0 aromatic carbocycles. The van der Waals surface area contributed by atoms with Gasteiger partial charge in [0.2, 0.25) is 11.8 Å². The lowest BCUT2D eigenvalue weighted by atomic mass is 10.1. The molecule has 1 saturated heterocycles. The highest BCUT2D eigenvalue weighted by atomic mass is 16.6. The molecule has 7 nitrogen and oxygen atoms in total. The molecule has 0 radical (unpaired) electrons. The zero-order valence-corrected chi connectivity index (χ0v) is 13.8. The first-order valence-corrected chi connectivity index (χ1v) is 7.75. The van der Waals surface area contributed by atoms with Gasteiger partial charge in [0.1, 0.15) is 17.7 Å². The number of likely N-dealkylation sites (tertiary alicyclic amines) is 1. The molecule has 126 valence electrons. The molecule has 1 fully saturated rings. The minimum atomic E-state index is -0.695. The number of hydrogen-bond acceptors (Lipinski definition) is 4. The van der Waals surface area contributed by atoms with Gasteiger partial charge >= 0.3 is 6.09 Å². The van der Waals surface area contributed by atoms with Gasteiger partial charge in [0.05, 0.1) is 0 Å². The summed E-state index contributed by atoms with van der Waals surface area (Å²) < 4.78 is 5.19. The van der Waals surface area contributed by atoms with Crippen LogP contribution < -0.4 is 11.1 Å². The fourth-order valence-electron chi connectivity index (χ4n) is 2.52. The van der Waals surface area contributed by atoms with E-state index in [0.29, 0.717) is 19.4 Å². The molecule has 0 aliphatic carbocycles. The van der Waals surface area contributed by atoms with Gasteiger partial charge < -0.3 is 20.7 Å². The van der Waals surface area contributed by atoms with Crippen LogP contribution in [0.1, 0.15) is 53.4 Å². The molecule has 0 saturated carbocycles. The summed E-state index contributed by atoms with van der Waals surface area (Å²) in [5.74, 6) is -0.771. The van der Waals surface area contributed by atoms with Crippen LogP contribution >= 0.6 is 0 Å². The number of carbonyl (C=O) groups excluding carboxylic acids is 3. The smallest absolute Gasteiger partial charge is 0.408 e. The molecule has 0 aromatic heterocycles. The number of carbonyl (C=O) groups is 3. The highest BCUT2D eigenvalue weighted by Gasteiger charge is 2.36. The fraction of sp³-hybridized carbons (Fsp3) is 0.800. The second-order valence-corrected chi connectivity index (χ2v) is 6.58. The number of nitrogens with two attached hydrogens (primary N) is 1. The van der Waals surface area contributed by atoms with E-state index >= 15 is 0 Å². The Labute approximate surface area is 131 Å². The average Bonchev–Trinajstić information content (AvgIpc) is 2.84. The van der Waals surface area contributed by atoms with Crippen LogP contribution in [0.2, 0.25) is 0 Å². The van der Waals surface area contributed by atoms with Crippen LogP contribution in [0.5, 0.6) is 0 Å². The Bertz CT molecular complexity index is 431. The van der Waals surface area contributed by atoms with Crippen molar-refractivity contribution in [2.75, 3.05) is 6.54 Å². The van der Waals surface area contributed by atoms with Crippen LogP contribution in [0, 0.1) is 0 Å². The first kappa shape index (κ1) is 18.3. The van der Waals surface area contributed by atoms with Gasteiger partial charge in [0.25, 0.3) is 0 Å². The lowest BCUT2D eigenvalue weighted by molar-refractivity contribution is -0.139. The summed E-state index contributed by atoms with van der Waals surface area (Å²) in [6.45, 7) is 7.68. The molecule has 1 heterocycles. The van der Waals surface area contributed by atoms with Crippen molar-refractivity contribution in [3.05, 3.63) is 0 Å². The standard InChI is InChI=1S/C15H27N3O4/c1-5-7-10(17-14(21)22-15(2,3)4)13(20)18-9-6-8-11(18)12(16)19/h10-11H,5-9H2,1-4H3,(H2,16,19)(H,17,21). The molecule has 7 heteroatoms. The Kier molecular flexibility index (Phi) is 6.20. The summed E-state index contributed by atoms with van der Waals surface area (Å²) in [7, 11) is 0. The molecule has 22 heavy (non-hydrogen) atoms. The number of alkyl carbamates (subject to hydrolysis) is 1. The Hall–Kier alpha value is -1.79. The van der Waals surface area contributed by atoms with Gasteiger partial charge in [-0.1, -0.05) is 13.3 Å². The van der Waals surface area contributed by atoms with Crippen molar-refractivity contribution in [1.29, 1.82) is 0 Å². The predicted molar refractivity (Wildman–Crippen MR) is 82.0 cm³/mol. The number of nitrogens with zero attached hydrogens (tertiary/aromatic N) is 1. The van der Waals surface area contributed by atoms with Crippen molar-refractivity contribution >= 4 is 17.9 Å². The van der Waals surface area contributed by atoms with E-state index in [1.807, 2.05) is 6.92 Å². The number of ether oxygens (including phenoxy) is 1. The van der Waals surface area contributed by atoms with E-state index < -0.39 is 29.7 Å². The third-order valence-corrected chi connectivity index (χ3v) is 3.43. The van der Waals surface area contributed by atoms with Crippen molar-refractivity contribution in [3.8, 4) is 0 Å². The van der Waals surface area contributed by atoms with E-state index in [9.17, 15) is 14.4 Å². The van der Waals surface area contributed by atoms with Gasteiger partial charge in [-0.25, -0.2) is 4.79 Å². The second-order valence-electron chi connectivity index (χ2n) is 6.58. The van der Waals surface area contributed by atoms with Crippen LogP contribution in [0.15, 0.2) is 0 Å². The van der Waals surface area contributed by atoms with Gasteiger partial charge in [-0.2, -0.15) is 0 Å². The first-order valence-electron chi connectivity index (χ1n) is 7.75. The van der Waals surface area contributed by atoms with Gasteiger partial charge in [0, 0.05) is 6.54 Å². The summed E-state index contributed by atoms with van der Waals surface area (Å²) in [4.78, 5) is 37.4. The molecular formula is C15H27N3O4. The number of hydrogen-bond donors (Lipinski definition) is 2. The van der Waals surface area contributed by atoms with Crippen LogP contribution in [0.25, 0.3) is 0 Å². The Morgan fingerprint density at radius 3 is 2.50 bits per heavy atom. The maximum absolute atomic E-state index is 12.6. The molecule has 3 amide bonds. The van der Waals surface area contributed by atoms with E-state index in [4.69, 9.17) is 10.5 Å². The first-order chi connectivity index (χ1) is 10.2. The molecule has 2 unspecified atom stereocenters. The number of rotatable bonds is 5. The number of amides is 3. The summed E-state index contributed by atoms with van der Waals surface area (Å²) in [6.07, 6.45) is 1.90. The zero-order chi connectivity index (χ0) is 16.9.